The lowest BCUT2D eigenvalue weighted by Crippen LogP contribution is -2.64. The summed E-state index contributed by atoms with van der Waals surface area (Å²) in [6, 6.07) is 3.56. The third-order valence-electron chi connectivity index (χ3n) is 7.59. The van der Waals surface area contributed by atoms with Crippen LogP contribution in [0.1, 0.15) is 68.1 Å². The molecule has 0 aliphatic heterocycles. The van der Waals surface area contributed by atoms with Gasteiger partial charge in [-0.2, -0.15) is 0 Å². The van der Waals surface area contributed by atoms with Gasteiger partial charge in [0.05, 0.1) is 0 Å². The molecule has 0 N–H and O–H groups in total. The Balaban J connectivity index is 2.65. The van der Waals surface area contributed by atoms with Crippen molar-refractivity contribution in [3.63, 3.8) is 0 Å². The molecule has 0 amide bonds. The molecule has 2 rings (SSSR count). The van der Waals surface area contributed by atoms with E-state index in [-0.39, 0.29) is 18.0 Å². The van der Waals surface area contributed by atoms with E-state index in [2.05, 4.69) is 0 Å². The van der Waals surface area contributed by atoms with Gasteiger partial charge in [0.25, 0.3) is 0 Å². The molecule has 1 aliphatic rings. The number of carbonyl (C=O) groups is 4. The summed E-state index contributed by atoms with van der Waals surface area (Å²) in [7, 11) is 0. The van der Waals surface area contributed by atoms with Crippen LogP contribution in [0.5, 0.6) is 0 Å². The number of benzene rings is 1. The van der Waals surface area contributed by atoms with Crippen LogP contribution in [0.3, 0.4) is 0 Å². The summed E-state index contributed by atoms with van der Waals surface area (Å²) in [6.45, 7) is 14.5. The maximum absolute atomic E-state index is 13.4. The molecule has 1 saturated carbocycles. The van der Waals surface area contributed by atoms with Gasteiger partial charge < -0.3 is 4.79 Å². The molecule has 0 spiro atoms. The molecule has 0 unspecified atom stereocenters. The highest BCUT2D eigenvalue weighted by Crippen LogP contribution is 2.59. The number of ketones is 3. The molecule has 1 fully saturated rings. The number of carbonyl (C=O) groups excluding carboxylic acids is 4. The van der Waals surface area contributed by atoms with Crippen LogP contribution in [0.2, 0.25) is 0 Å². The van der Waals surface area contributed by atoms with Crippen LogP contribution in [-0.2, 0) is 14.4 Å². The highest BCUT2D eigenvalue weighted by molar-refractivity contribution is 6.28. The van der Waals surface area contributed by atoms with Crippen molar-refractivity contribution in [2.45, 2.75) is 61.8 Å². The van der Waals surface area contributed by atoms with E-state index < -0.39 is 27.9 Å². The lowest BCUT2D eigenvalue weighted by molar-refractivity contribution is -0.168. The van der Waals surface area contributed by atoms with Crippen LogP contribution in [0, 0.1) is 42.9 Å². The SMILES string of the molecule is Cc1ccc(C(=O)C2C(=O)C(C)(C)C(C)(CC=O)C(C)(C)C2=O)c(C)c1C. The first-order valence-corrected chi connectivity index (χ1v) is 9.39. The number of aldehydes is 1. The summed E-state index contributed by atoms with van der Waals surface area (Å²) in [5.41, 5.74) is 0.446. The fourth-order valence-corrected chi connectivity index (χ4v) is 4.46. The minimum absolute atomic E-state index is 0.0913. The Morgan fingerprint density at radius 1 is 0.926 bits per heavy atom. The molecule has 4 heteroatoms. The second kappa shape index (κ2) is 6.50. The summed E-state index contributed by atoms with van der Waals surface area (Å²) in [5.74, 6) is -2.53. The largest absolute Gasteiger partial charge is 0.303 e. The molecular weight excluding hydrogens is 340 g/mol. The van der Waals surface area contributed by atoms with Crippen molar-refractivity contribution < 1.29 is 19.2 Å². The second-order valence-electron chi connectivity index (χ2n) is 9.16. The molecule has 1 aliphatic carbocycles. The molecule has 1 aromatic carbocycles. The van der Waals surface area contributed by atoms with E-state index in [4.69, 9.17) is 0 Å². The molecule has 0 bridgehead atoms. The maximum atomic E-state index is 13.4. The maximum Gasteiger partial charge on any atom is 0.181 e. The predicted octanol–water partition coefficient (Wildman–Crippen LogP) is 4.21. The van der Waals surface area contributed by atoms with Gasteiger partial charge in [-0.1, -0.05) is 46.8 Å². The van der Waals surface area contributed by atoms with E-state index in [1.54, 1.807) is 40.7 Å². The highest BCUT2D eigenvalue weighted by atomic mass is 16.2. The van der Waals surface area contributed by atoms with Gasteiger partial charge in [0, 0.05) is 22.8 Å². The summed E-state index contributed by atoms with van der Waals surface area (Å²) >= 11 is 0. The lowest BCUT2D eigenvalue weighted by Gasteiger charge is -2.56. The van der Waals surface area contributed by atoms with E-state index in [1.165, 1.54) is 0 Å². The number of Topliss-reactive ketones (excluding diaryl/α,β-unsaturated/α-hetero) is 3. The van der Waals surface area contributed by atoms with Crippen molar-refractivity contribution in [2.75, 3.05) is 0 Å². The molecule has 4 nitrogen and oxygen atoms in total. The van der Waals surface area contributed by atoms with Gasteiger partial charge in [0.2, 0.25) is 0 Å². The van der Waals surface area contributed by atoms with Crippen LogP contribution < -0.4 is 0 Å². The standard InChI is InChI=1S/C23H30O4/c1-13-9-10-16(15(3)14(13)2)18(25)17-19(26)21(4,5)23(8,11-12-24)22(6,7)20(17)27/h9-10,12,17H,11H2,1-8H3. The Morgan fingerprint density at radius 3 is 1.85 bits per heavy atom. The zero-order valence-corrected chi connectivity index (χ0v) is 17.6. The Morgan fingerprint density at radius 2 is 1.41 bits per heavy atom. The summed E-state index contributed by atoms with van der Waals surface area (Å²) < 4.78 is 0. The van der Waals surface area contributed by atoms with Crippen LogP contribution in [-0.4, -0.2) is 23.6 Å². The third kappa shape index (κ3) is 2.72. The van der Waals surface area contributed by atoms with Crippen molar-refractivity contribution in [1.29, 1.82) is 0 Å². The first-order valence-electron chi connectivity index (χ1n) is 9.39. The Bertz CT molecular complexity index is 814. The number of aryl methyl sites for hydroxylation is 1. The average Bonchev–Trinajstić information content (AvgIpc) is 2.58. The smallest absolute Gasteiger partial charge is 0.181 e. The second-order valence-corrected chi connectivity index (χ2v) is 9.16. The van der Waals surface area contributed by atoms with Gasteiger partial charge in [-0.3, -0.25) is 14.4 Å². The van der Waals surface area contributed by atoms with Crippen LogP contribution in [0.15, 0.2) is 12.1 Å². The predicted molar refractivity (Wildman–Crippen MR) is 105 cm³/mol. The molecule has 0 radical (unpaired) electrons. The van der Waals surface area contributed by atoms with E-state index in [0.29, 0.717) is 5.56 Å². The zero-order valence-electron chi connectivity index (χ0n) is 17.6. The monoisotopic (exact) mass is 370 g/mol. The first-order chi connectivity index (χ1) is 12.3. The van der Waals surface area contributed by atoms with Crippen LogP contribution in [0.25, 0.3) is 0 Å². The van der Waals surface area contributed by atoms with E-state index >= 15 is 0 Å². The van der Waals surface area contributed by atoms with Gasteiger partial charge in [-0.05, 0) is 42.9 Å². The average molecular weight is 370 g/mol. The van der Waals surface area contributed by atoms with E-state index in [0.717, 1.165) is 23.0 Å². The quantitative estimate of drug-likeness (QED) is 0.452. The number of hydrogen-bond acceptors (Lipinski definition) is 4. The van der Waals surface area contributed by atoms with Gasteiger partial charge in [0.1, 0.15) is 12.2 Å². The first kappa shape index (κ1) is 21.2. The van der Waals surface area contributed by atoms with Crippen molar-refractivity contribution >= 4 is 23.6 Å². The summed E-state index contributed by atoms with van der Waals surface area (Å²) in [4.78, 5) is 51.4. The van der Waals surface area contributed by atoms with Crippen molar-refractivity contribution in [1.82, 2.24) is 0 Å². The lowest BCUT2D eigenvalue weighted by atomic mass is 9.43. The van der Waals surface area contributed by atoms with E-state index in [1.807, 2.05) is 26.8 Å². The zero-order chi connectivity index (χ0) is 20.9. The van der Waals surface area contributed by atoms with Crippen molar-refractivity contribution in [2.24, 2.45) is 22.2 Å². The molecule has 0 saturated heterocycles. The third-order valence-corrected chi connectivity index (χ3v) is 7.59. The summed E-state index contributed by atoms with van der Waals surface area (Å²) in [6.07, 6.45) is 0.855. The summed E-state index contributed by atoms with van der Waals surface area (Å²) in [5, 5.41) is 0. The minimum atomic E-state index is -1.32. The van der Waals surface area contributed by atoms with Gasteiger partial charge >= 0.3 is 0 Å². The molecule has 0 heterocycles. The van der Waals surface area contributed by atoms with Crippen LogP contribution >= 0.6 is 0 Å². The number of rotatable bonds is 4. The Hall–Kier alpha value is -2.10. The fraction of sp³-hybridized carbons (Fsp3) is 0.565. The van der Waals surface area contributed by atoms with Gasteiger partial charge in [-0.25, -0.2) is 0 Å². The molecule has 146 valence electrons. The van der Waals surface area contributed by atoms with Crippen molar-refractivity contribution in [3.05, 3.63) is 34.4 Å². The van der Waals surface area contributed by atoms with Gasteiger partial charge in [-0.15, -0.1) is 0 Å². The molecule has 27 heavy (non-hydrogen) atoms. The van der Waals surface area contributed by atoms with Gasteiger partial charge in [0.15, 0.2) is 17.3 Å². The topological polar surface area (TPSA) is 68.3 Å². The minimum Gasteiger partial charge on any atom is -0.303 e. The van der Waals surface area contributed by atoms with Crippen molar-refractivity contribution in [3.8, 4) is 0 Å². The molecule has 0 atom stereocenters. The normalized spacial score (nSPS) is 26.7. The molecule has 0 aromatic heterocycles. The fourth-order valence-electron chi connectivity index (χ4n) is 4.46. The molecular formula is C23H30O4. The van der Waals surface area contributed by atoms with Crippen LogP contribution in [0.4, 0.5) is 0 Å². The highest BCUT2D eigenvalue weighted by Gasteiger charge is 2.66. The number of hydrogen-bond donors (Lipinski definition) is 0. The Kier molecular flexibility index (Phi) is 5.11. The van der Waals surface area contributed by atoms with E-state index in [9.17, 15) is 19.2 Å². The molecule has 1 aromatic rings. The Labute approximate surface area is 161 Å².